The molecule has 3 aromatic rings. The Bertz CT molecular complexity index is 984. The summed E-state index contributed by atoms with van der Waals surface area (Å²) in [7, 11) is 1.77. The predicted octanol–water partition coefficient (Wildman–Crippen LogP) is 3.39. The van der Waals surface area contributed by atoms with E-state index in [0.29, 0.717) is 23.8 Å². The number of carbonyl (C=O) groups is 1. The van der Waals surface area contributed by atoms with E-state index in [4.69, 9.17) is 14.2 Å². The molecule has 2 heterocycles. The molecule has 1 aliphatic rings. The van der Waals surface area contributed by atoms with Gasteiger partial charge in [0, 0.05) is 31.2 Å². The van der Waals surface area contributed by atoms with E-state index in [-0.39, 0.29) is 12.7 Å². The number of likely N-dealkylation sites (N-methyl/N-ethyl adjacent to an activating group) is 1. The highest BCUT2D eigenvalue weighted by atomic mass is 16.7. The molecule has 0 bridgehead atoms. The van der Waals surface area contributed by atoms with E-state index in [0.717, 1.165) is 16.5 Å². The maximum atomic E-state index is 12.8. The molecule has 1 aromatic heterocycles. The van der Waals surface area contributed by atoms with Gasteiger partial charge in [-0.15, -0.1) is 0 Å². The molecule has 27 heavy (non-hydrogen) atoms. The molecule has 4 rings (SSSR count). The van der Waals surface area contributed by atoms with Crippen molar-refractivity contribution in [1.29, 1.82) is 0 Å². The second kappa shape index (κ2) is 7.15. The molecule has 1 unspecified atom stereocenters. The Kier molecular flexibility index (Phi) is 4.54. The molecule has 0 saturated carbocycles. The molecule has 0 aliphatic carbocycles. The van der Waals surface area contributed by atoms with Gasteiger partial charge < -0.3 is 19.1 Å². The van der Waals surface area contributed by atoms with Crippen LogP contribution in [0.25, 0.3) is 10.9 Å². The molecule has 0 spiro atoms. The molecule has 1 amide bonds. The lowest BCUT2D eigenvalue weighted by Gasteiger charge is -2.23. The van der Waals surface area contributed by atoms with Crippen molar-refractivity contribution in [2.24, 2.45) is 0 Å². The SMILES string of the molecule is CC(Oc1ccc2c(c1)OCO2)C(=O)N(C)Cc1cccc2ncccc12. The van der Waals surface area contributed by atoms with E-state index >= 15 is 0 Å². The van der Waals surface area contributed by atoms with Gasteiger partial charge in [0.2, 0.25) is 6.79 Å². The van der Waals surface area contributed by atoms with Crippen molar-refractivity contribution in [2.75, 3.05) is 13.8 Å². The summed E-state index contributed by atoms with van der Waals surface area (Å²) in [5.41, 5.74) is 1.97. The minimum absolute atomic E-state index is 0.103. The second-order valence-electron chi connectivity index (χ2n) is 6.46. The van der Waals surface area contributed by atoms with Crippen LogP contribution in [-0.4, -0.2) is 35.7 Å². The average molecular weight is 364 g/mol. The van der Waals surface area contributed by atoms with Crippen LogP contribution in [0.3, 0.4) is 0 Å². The zero-order chi connectivity index (χ0) is 18.8. The first-order valence-electron chi connectivity index (χ1n) is 8.76. The van der Waals surface area contributed by atoms with Gasteiger partial charge in [0.25, 0.3) is 5.91 Å². The van der Waals surface area contributed by atoms with Crippen LogP contribution >= 0.6 is 0 Å². The number of rotatable bonds is 5. The van der Waals surface area contributed by atoms with E-state index in [1.54, 1.807) is 43.3 Å². The van der Waals surface area contributed by atoms with Crippen molar-refractivity contribution in [3.63, 3.8) is 0 Å². The maximum Gasteiger partial charge on any atom is 0.263 e. The Morgan fingerprint density at radius 1 is 1.19 bits per heavy atom. The van der Waals surface area contributed by atoms with Gasteiger partial charge in [-0.25, -0.2) is 0 Å². The Balaban J connectivity index is 1.45. The van der Waals surface area contributed by atoms with Crippen molar-refractivity contribution in [2.45, 2.75) is 19.6 Å². The van der Waals surface area contributed by atoms with Crippen LogP contribution in [0.2, 0.25) is 0 Å². The number of fused-ring (bicyclic) bond motifs is 2. The van der Waals surface area contributed by atoms with Gasteiger partial charge in [-0.1, -0.05) is 18.2 Å². The molecule has 6 heteroatoms. The van der Waals surface area contributed by atoms with Gasteiger partial charge >= 0.3 is 0 Å². The number of nitrogens with zero attached hydrogens (tertiary/aromatic N) is 2. The average Bonchev–Trinajstić information content (AvgIpc) is 3.15. The molecule has 0 radical (unpaired) electrons. The number of amides is 1. The molecular weight excluding hydrogens is 344 g/mol. The van der Waals surface area contributed by atoms with E-state index < -0.39 is 6.10 Å². The van der Waals surface area contributed by atoms with Gasteiger partial charge in [-0.3, -0.25) is 9.78 Å². The summed E-state index contributed by atoms with van der Waals surface area (Å²) in [5.74, 6) is 1.78. The van der Waals surface area contributed by atoms with Gasteiger partial charge in [-0.05, 0) is 36.8 Å². The van der Waals surface area contributed by atoms with Crippen molar-refractivity contribution < 1.29 is 19.0 Å². The fourth-order valence-corrected chi connectivity index (χ4v) is 3.15. The Morgan fingerprint density at radius 3 is 2.93 bits per heavy atom. The lowest BCUT2D eigenvalue weighted by molar-refractivity contribution is -0.137. The van der Waals surface area contributed by atoms with E-state index in [9.17, 15) is 4.79 Å². The summed E-state index contributed by atoms with van der Waals surface area (Å²) >= 11 is 0. The monoisotopic (exact) mass is 364 g/mol. The number of ether oxygens (including phenoxy) is 3. The van der Waals surface area contributed by atoms with Crippen molar-refractivity contribution in [3.05, 3.63) is 60.3 Å². The third-order valence-corrected chi connectivity index (χ3v) is 4.52. The van der Waals surface area contributed by atoms with Crippen LogP contribution in [0.4, 0.5) is 0 Å². The Morgan fingerprint density at radius 2 is 2.04 bits per heavy atom. The fraction of sp³-hybridized carbons (Fsp3) is 0.238. The van der Waals surface area contributed by atoms with E-state index in [1.807, 2.05) is 30.3 Å². The first kappa shape index (κ1) is 17.1. The summed E-state index contributed by atoms with van der Waals surface area (Å²) in [6.07, 6.45) is 1.14. The molecule has 0 N–H and O–H groups in total. The summed E-state index contributed by atoms with van der Waals surface area (Å²) < 4.78 is 16.4. The molecule has 1 atom stereocenters. The van der Waals surface area contributed by atoms with E-state index in [2.05, 4.69) is 4.98 Å². The normalized spacial score (nSPS) is 13.4. The third-order valence-electron chi connectivity index (χ3n) is 4.52. The van der Waals surface area contributed by atoms with Crippen molar-refractivity contribution in [1.82, 2.24) is 9.88 Å². The Hall–Kier alpha value is -3.28. The molecule has 0 saturated heterocycles. The minimum atomic E-state index is -0.622. The first-order valence-corrected chi connectivity index (χ1v) is 8.76. The number of carbonyl (C=O) groups excluding carboxylic acids is 1. The number of aromatic nitrogens is 1. The van der Waals surface area contributed by atoms with Gasteiger partial charge in [0.05, 0.1) is 5.52 Å². The highest BCUT2D eigenvalue weighted by Gasteiger charge is 2.21. The van der Waals surface area contributed by atoms with Gasteiger partial charge in [0.1, 0.15) is 5.75 Å². The number of pyridine rings is 1. The smallest absolute Gasteiger partial charge is 0.263 e. The van der Waals surface area contributed by atoms with E-state index in [1.165, 1.54) is 0 Å². The Labute approximate surface area is 157 Å². The minimum Gasteiger partial charge on any atom is -0.481 e. The molecule has 138 valence electrons. The zero-order valence-electron chi connectivity index (χ0n) is 15.2. The fourth-order valence-electron chi connectivity index (χ4n) is 3.15. The molecule has 6 nitrogen and oxygen atoms in total. The number of hydrogen-bond acceptors (Lipinski definition) is 5. The highest BCUT2D eigenvalue weighted by molar-refractivity contribution is 5.84. The standard InChI is InChI=1S/C21H20N2O4/c1-14(27-16-8-9-19-20(11-16)26-13-25-19)21(24)23(2)12-15-5-3-7-18-17(15)6-4-10-22-18/h3-11,14H,12-13H2,1-2H3. The third kappa shape index (κ3) is 3.51. The summed E-state index contributed by atoms with van der Waals surface area (Å²) in [5, 5.41) is 1.05. The quantitative estimate of drug-likeness (QED) is 0.694. The largest absolute Gasteiger partial charge is 0.481 e. The molecule has 2 aromatic carbocycles. The van der Waals surface area contributed by atoms with Crippen LogP contribution in [-0.2, 0) is 11.3 Å². The number of benzene rings is 2. The topological polar surface area (TPSA) is 60.9 Å². The lowest BCUT2D eigenvalue weighted by Crippen LogP contribution is -2.37. The lowest BCUT2D eigenvalue weighted by atomic mass is 10.1. The summed E-state index contributed by atoms with van der Waals surface area (Å²) in [6, 6.07) is 15.1. The number of hydrogen-bond donors (Lipinski definition) is 0. The summed E-state index contributed by atoms with van der Waals surface area (Å²) in [6.45, 7) is 2.43. The maximum absolute atomic E-state index is 12.8. The van der Waals surface area contributed by atoms with Gasteiger partial charge in [0.15, 0.2) is 17.6 Å². The second-order valence-corrected chi connectivity index (χ2v) is 6.46. The van der Waals surface area contributed by atoms with Crippen LogP contribution in [0.5, 0.6) is 17.2 Å². The molecule has 1 aliphatic heterocycles. The van der Waals surface area contributed by atoms with Crippen LogP contribution in [0.15, 0.2) is 54.7 Å². The van der Waals surface area contributed by atoms with Crippen molar-refractivity contribution in [3.8, 4) is 17.2 Å². The first-order chi connectivity index (χ1) is 13.1. The van der Waals surface area contributed by atoms with Crippen LogP contribution in [0, 0.1) is 0 Å². The predicted molar refractivity (Wildman–Crippen MR) is 101 cm³/mol. The highest BCUT2D eigenvalue weighted by Crippen LogP contribution is 2.35. The zero-order valence-corrected chi connectivity index (χ0v) is 15.2. The summed E-state index contributed by atoms with van der Waals surface area (Å²) in [4.78, 5) is 18.8. The molecule has 0 fully saturated rings. The van der Waals surface area contributed by atoms with Crippen LogP contribution < -0.4 is 14.2 Å². The van der Waals surface area contributed by atoms with Crippen LogP contribution in [0.1, 0.15) is 12.5 Å². The van der Waals surface area contributed by atoms with Crippen molar-refractivity contribution >= 4 is 16.8 Å². The van der Waals surface area contributed by atoms with Gasteiger partial charge in [-0.2, -0.15) is 0 Å². The molecular formula is C21H20N2O4.